The van der Waals surface area contributed by atoms with Crippen molar-refractivity contribution in [1.29, 1.82) is 0 Å². The molecule has 0 aromatic heterocycles. The molecule has 1 atom stereocenters. The zero-order chi connectivity index (χ0) is 16.3. The molecule has 0 saturated heterocycles. The van der Waals surface area contributed by atoms with E-state index in [0.717, 1.165) is 25.5 Å². The predicted octanol–water partition coefficient (Wildman–Crippen LogP) is 1.85. The minimum atomic E-state index is -3.35. The van der Waals surface area contributed by atoms with Crippen LogP contribution in [0.2, 0.25) is 0 Å². The van der Waals surface area contributed by atoms with Crippen molar-refractivity contribution in [2.45, 2.75) is 45.1 Å². The average Bonchev–Trinajstić information content (AvgIpc) is 2.44. The fourth-order valence-corrected chi connectivity index (χ4v) is 3.16. The van der Waals surface area contributed by atoms with Crippen LogP contribution in [-0.2, 0) is 21.2 Å². The highest BCUT2D eigenvalue weighted by Gasteiger charge is 2.22. The van der Waals surface area contributed by atoms with Gasteiger partial charge in [-0.05, 0) is 41.9 Å². The lowest BCUT2D eigenvalue weighted by Gasteiger charge is -2.27. The lowest BCUT2D eigenvalue weighted by molar-refractivity contribution is -0.120. The number of hydrogen-bond acceptors (Lipinski definition) is 3. The van der Waals surface area contributed by atoms with Crippen LogP contribution in [0.1, 0.15) is 55.3 Å². The molecule has 0 unspecified atom stereocenters. The van der Waals surface area contributed by atoms with Crippen molar-refractivity contribution >= 4 is 15.9 Å². The van der Waals surface area contributed by atoms with E-state index in [-0.39, 0.29) is 18.5 Å². The molecule has 0 bridgehead atoms. The van der Waals surface area contributed by atoms with Gasteiger partial charge in [-0.3, -0.25) is 4.79 Å². The fourth-order valence-electron chi connectivity index (χ4n) is 2.77. The molecular formula is C16H24N2O3S. The first kappa shape index (κ1) is 17.0. The van der Waals surface area contributed by atoms with Gasteiger partial charge in [-0.25, -0.2) is 13.1 Å². The second-order valence-corrected chi connectivity index (χ2v) is 8.05. The van der Waals surface area contributed by atoms with Crippen molar-refractivity contribution in [2.75, 3.05) is 12.8 Å². The molecule has 22 heavy (non-hydrogen) atoms. The largest absolute Gasteiger partial charge is 0.348 e. The van der Waals surface area contributed by atoms with Gasteiger partial charge >= 0.3 is 0 Å². The van der Waals surface area contributed by atoms with Gasteiger partial charge in [0.2, 0.25) is 15.9 Å². The summed E-state index contributed by atoms with van der Waals surface area (Å²) < 4.78 is 24.3. The summed E-state index contributed by atoms with van der Waals surface area (Å²) in [6.07, 6.45) is 3.99. The van der Waals surface area contributed by atoms with Gasteiger partial charge in [0.25, 0.3) is 0 Å². The molecule has 2 N–H and O–H groups in total. The molecule has 0 saturated carbocycles. The minimum absolute atomic E-state index is 0.0312. The summed E-state index contributed by atoms with van der Waals surface area (Å²) in [5.74, 6) is 0.147. The maximum Gasteiger partial charge on any atom is 0.235 e. The predicted molar refractivity (Wildman–Crippen MR) is 87.2 cm³/mol. The number of carbonyl (C=O) groups excluding carboxylic acids is 1. The Morgan fingerprint density at radius 1 is 1.36 bits per heavy atom. The summed E-state index contributed by atoms with van der Waals surface area (Å²) in [6, 6.07) is 6.45. The smallest absolute Gasteiger partial charge is 0.235 e. The van der Waals surface area contributed by atoms with Gasteiger partial charge in [0.15, 0.2) is 0 Å². The zero-order valence-electron chi connectivity index (χ0n) is 13.3. The SMILES string of the molecule is CC(C)c1ccc2c(c1)[C@H](NC(=O)CNS(C)(=O)=O)CCC2. The van der Waals surface area contributed by atoms with Gasteiger partial charge in [0.05, 0.1) is 18.8 Å². The van der Waals surface area contributed by atoms with Crippen LogP contribution in [0, 0.1) is 0 Å². The van der Waals surface area contributed by atoms with Gasteiger partial charge in [-0.2, -0.15) is 0 Å². The summed E-state index contributed by atoms with van der Waals surface area (Å²) in [6.45, 7) is 4.08. The molecule has 0 spiro atoms. The van der Waals surface area contributed by atoms with Crippen LogP contribution in [0.4, 0.5) is 0 Å². The molecule has 122 valence electrons. The standard InChI is InChI=1S/C16H24N2O3S/c1-11(2)13-8-7-12-5-4-6-15(14(12)9-13)18-16(19)10-17-22(3,20)21/h7-9,11,15,17H,4-6,10H2,1-3H3,(H,18,19)/t15-/m1/s1. The second kappa shape index (κ2) is 6.79. The topological polar surface area (TPSA) is 75.3 Å². The fraction of sp³-hybridized carbons (Fsp3) is 0.562. The molecule has 0 radical (unpaired) electrons. The van der Waals surface area contributed by atoms with Crippen molar-refractivity contribution in [1.82, 2.24) is 10.0 Å². The van der Waals surface area contributed by atoms with E-state index in [9.17, 15) is 13.2 Å². The number of sulfonamides is 1. The van der Waals surface area contributed by atoms with Crippen molar-refractivity contribution in [2.24, 2.45) is 0 Å². The number of benzene rings is 1. The Kier molecular flexibility index (Phi) is 5.24. The number of aryl methyl sites for hydroxylation is 1. The number of nitrogens with one attached hydrogen (secondary N) is 2. The molecule has 1 aliphatic rings. The van der Waals surface area contributed by atoms with Gasteiger partial charge < -0.3 is 5.32 Å². The van der Waals surface area contributed by atoms with E-state index in [1.54, 1.807) is 0 Å². The lowest BCUT2D eigenvalue weighted by atomic mass is 9.85. The second-order valence-electron chi connectivity index (χ2n) is 6.22. The Balaban J connectivity index is 2.11. The summed E-state index contributed by atoms with van der Waals surface area (Å²) in [5.41, 5.74) is 3.70. The van der Waals surface area contributed by atoms with Crippen LogP contribution in [0.5, 0.6) is 0 Å². The molecule has 0 fully saturated rings. The minimum Gasteiger partial charge on any atom is -0.348 e. The number of fused-ring (bicyclic) bond motifs is 1. The van der Waals surface area contributed by atoms with E-state index in [1.807, 2.05) is 0 Å². The first-order chi connectivity index (χ1) is 10.3. The first-order valence-electron chi connectivity index (χ1n) is 7.63. The molecule has 2 rings (SSSR count). The normalized spacial score (nSPS) is 18.1. The summed E-state index contributed by atoms with van der Waals surface area (Å²) >= 11 is 0. The lowest BCUT2D eigenvalue weighted by Crippen LogP contribution is -2.39. The van der Waals surface area contributed by atoms with Gasteiger partial charge in [0, 0.05) is 0 Å². The van der Waals surface area contributed by atoms with E-state index in [4.69, 9.17) is 0 Å². The maximum atomic E-state index is 11.9. The summed E-state index contributed by atoms with van der Waals surface area (Å²) in [4.78, 5) is 11.9. The van der Waals surface area contributed by atoms with Crippen LogP contribution in [0.3, 0.4) is 0 Å². The number of carbonyl (C=O) groups is 1. The van der Waals surface area contributed by atoms with Crippen molar-refractivity contribution in [3.05, 3.63) is 34.9 Å². The molecule has 0 heterocycles. The number of hydrogen-bond donors (Lipinski definition) is 2. The molecule has 1 aliphatic carbocycles. The van der Waals surface area contributed by atoms with Crippen LogP contribution in [-0.4, -0.2) is 27.1 Å². The highest BCUT2D eigenvalue weighted by Crippen LogP contribution is 2.32. The molecular weight excluding hydrogens is 300 g/mol. The third-order valence-electron chi connectivity index (χ3n) is 3.98. The van der Waals surface area contributed by atoms with Gasteiger partial charge in [0.1, 0.15) is 0 Å². The average molecular weight is 324 g/mol. The number of amides is 1. The molecule has 6 heteroatoms. The van der Waals surface area contributed by atoms with Gasteiger partial charge in [-0.15, -0.1) is 0 Å². The van der Waals surface area contributed by atoms with E-state index in [2.05, 4.69) is 42.1 Å². The Labute approximate surface area is 132 Å². The Morgan fingerprint density at radius 3 is 2.73 bits per heavy atom. The van der Waals surface area contributed by atoms with Crippen LogP contribution in [0.25, 0.3) is 0 Å². The van der Waals surface area contributed by atoms with Crippen molar-refractivity contribution in [3.8, 4) is 0 Å². The molecule has 0 aliphatic heterocycles. The van der Waals surface area contributed by atoms with E-state index >= 15 is 0 Å². The van der Waals surface area contributed by atoms with E-state index in [0.29, 0.717) is 5.92 Å². The van der Waals surface area contributed by atoms with Crippen LogP contribution in [0.15, 0.2) is 18.2 Å². The Bertz CT molecular complexity index is 653. The first-order valence-corrected chi connectivity index (χ1v) is 9.52. The van der Waals surface area contributed by atoms with E-state index in [1.165, 1.54) is 16.7 Å². The quantitative estimate of drug-likeness (QED) is 0.868. The van der Waals surface area contributed by atoms with Crippen LogP contribution >= 0.6 is 0 Å². The van der Waals surface area contributed by atoms with Crippen LogP contribution < -0.4 is 10.0 Å². The number of rotatable bonds is 5. The Morgan fingerprint density at radius 2 is 2.09 bits per heavy atom. The van der Waals surface area contributed by atoms with E-state index < -0.39 is 10.0 Å². The van der Waals surface area contributed by atoms with Gasteiger partial charge in [-0.1, -0.05) is 32.0 Å². The van der Waals surface area contributed by atoms with Crippen molar-refractivity contribution in [3.63, 3.8) is 0 Å². The molecule has 5 nitrogen and oxygen atoms in total. The Hall–Kier alpha value is -1.40. The third kappa shape index (κ3) is 4.55. The highest BCUT2D eigenvalue weighted by molar-refractivity contribution is 7.88. The molecule has 1 aromatic carbocycles. The highest BCUT2D eigenvalue weighted by atomic mass is 32.2. The van der Waals surface area contributed by atoms with Crippen molar-refractivity contribution < 1.29 is 13.2 Å². The zero-order valence-corrected chi connectivity index (χ0v) is 14.2. The molecule has 1 aromatic rings. The monoisotopic (exact) mass is 324 g/mol. The third-order valence-corrected chi connectivity index (χ3v) is 4.65. The summed E-state index contributed by atoms with van der Waals surface area (Å²) in [5, 5.41) is 2.95. The molecule has 1 amide bonds. The maximum absolute atomic E-state index is 11.9. The summed E-state index contributed by atoms with van der Waals surface area (Å²) in [7, 11) is -3.35.